The molecule has 3 aromatic rings. The fourth-order valence-electron chi connectivity index (χ4n) is 1.81. The molecular weight excluding hydrogens is 248 g/mol. The number of aromatic nitrogens is 3. The summed E-state index contributed by atoms with van der Waals surface area (Å²) in [6.45, 7) is 1.92. The maximum Gasteiger partial charge on any atom is 0.182 e. The van der Waals surface area contributed by atoms with Crippen LogP contribution in [0.3, 0.4) is 0 Å². The highest BCUT2D eigenvalue weighted by atomic mass is 35.5. The van der Waals surface area contributed by atoms with Crippen LogP contribution in [-0.4, -0.2) is 14.6 Å². The van der Waals surface area contributed by atoms with Crippen LogP contribution in [0.25, 0.3) is 17.0 Å². The lowest BCUT2D eigenvalue weighted by molar-refractivity contribution is 0.922. The van der Waals surface area contributed by atoms with E-state index in [-0.39, 0.29) is 0 Å². The van der Waals surface area contributed by atoms with Crippen LogP contribution in [0.4, 0.5) is 5.69 Å². The molecular formula is C13H11ClN4. The first-order chi connectivity index (χ1) is 8.65. The number of rotatable bonds is 1. The molecule has 0 amide bonds. The molecule has 0 saturated heterocycles. The van der Waals surface area contributed by atoms with Crippen molar-refractivity contribution >= 4 is 22.9 Å². The fourth-order valence-corrected chi connectivity index (χ4v) is 1.93. The highest BCUT2D eigenvalue weighted by molar-refractivity contribution is 6.30. The number of fused-ring (bicyclic) bond motifs is 1. The summed E-state index contributed by atoms with van der Waals surface area (Å²) in [5.74, 6) is 0.667. The van der Waals surface area contributed by atoms with Crippen molar-refractivity contribution in [2.75, 3.05) is 5.73 Å². The molecule has 2 N–H and O–H groups in total. The number of halogens is 1. The second-order valence-electron chi connectivity index (χ2n) is 4.09. The number of nitrogen functional groups attached to an aromatic ring is 1. The molecule has 2 heterocycles. The van der Waals surface area contributed by atoms with Gasteiger partial charge >= 0.3 is 0 Å². The number of hydrogen-bond acceptors (Lipinski definition) is 3. The smallest absolute Gasteiger partial charge is 0.182 e. The zero-order valence-corrected chi connectivity index (χ0v) is 10.5. The van der Waals surface area contributed by atoms with Gasteiger partial charge in [-0.05, 0) is 43.3 Å². The minimum atomic E-state index is 0.667. The largest absolute Gasteiger partial charge is 0.397 e. The highest BCUT2D eigenvalue weighted by Crippen LogP contribution is 2.20. The molecule has 0 aliphatic carbocycles. The topological polar surface area (TPSA) is 56.2 Å². The van der Waals surface area contributed by atoms with Crippen LogP contribution in [0.15, 0.2) is 36.4 Å². The van der Waals surface area contributed by atoms with Gasteiger partial charge in [-0.3, -0.25) is 0 Å². The van der Waals surface area contributed by atoms with Gasteiger partial charge in [0, 0.05) is 10.6 Å². The molecule has 3 rings (SSSR count). The Morgan fingerprint density at radius 2 is 1.83 bits per heavy atom. The monoisotopic (exact) mass is 258 g/mol. The van der Waals surface area contributed by atoms with Crippen LogP contribution < -0.4 is 5.73 Å². The molecule has 0 aliphatic rings. The van der Waals surface area contributed by atoms with Gasteiger partial charge in [0.05, 0.1) is 11.4 Å². The third kappa shape index (κ3) is 1.71. The van der Waals surface area contributed by atoms with Gasteiger partial charge in [-0.25, -0.2) is 9.50 Å². The number of pyridine rings is 1. The molecule has 2 aromatic heterocycles. The van der Waals surface area contributed by atoms with Crippen molar-refractivity contribution in [1.29, 1.82) is 0 Å². The third-order valence-corrected chi connectivity index (χ3v) is 3.13. The van der Waals surface area contributed by atoms with E-state index in [9.17, 15) is 0 Å². The summed E-state index contributed by atoms with van der Waals surface area (Å²) in [5, 5.41) is 5.15. The van der Waals surface area contributed by atoms with Crippen LogP contribution in [0, 0.1) is 6.92 Å². The summed E-state index contributed by atoms with van der Waals surface area (Å²) in [6.07, 6.45) is 0. The average Bonchev–Trinajstić information content (AvgIpc) is 2.80. The van der Waals surface area contributed by atoms with Gasteiger partial charge in [0.1, 0.15) is 0 Å². The Morgan fingerprint density at radius 3 is 2.56 bits per heavy atom. The molecule has 0 unspecified atom stereocenters. The molecule has 0 radical (unpaired) electrons. The molecule has 0 saturated carbocycles. The third-order valence-electron chi connectivity index (χ3n) is 2.88. The molecule has 90 valence electrons. The minimum Gasteiger partial charge on any atom is -0.397 e. The Balaban J connectivity index is 2.19. The number of anilines is 1. The normalized spacial score (nSPS) is 11.0. The number of nitrogens with two attached hydrogens (primary N) is 1. The van der Waals surface area contributed by atoms with E-state index in [2.05, 4.69) is 10.1 Å². The van der Waals surface area contributed by atoms with Crippen molar-refractivity contribution in [2.24, 2.45) is 0 Å². The van der Waals surface area contributed by atoms with Crippen molar-refractivity contribution in [2.45, 2.75) is 6.92 Å². The molecule has 0 bridgehead atoms. The van der Waals surface area contributed by atoms with E-state index in [1.807, 2.05) is 43.3 Å². The molecule has 0 spiro atoms. The maximum absolute atomic E-state index is 5.86. The number of nitrogens with zero attached hydrogens (tertiary/aromatic N) is 3. The van der Waals surface area contributed by atoms with Gasteiger partial charge in [-0.2, -0.15) is 0 Å². The van der Waals surface area contributed by atoms with Gasteiger partial charge in [0.15, 0.2) is 11.5 Å². The van der Waals surface area contributed by atoms with Crippen molar-refractivity contribution < 1.29 is 0 Å². The summed E-state index contributed by atoms with van der Waals surface area (Å²) in [4.78, 5) is 4.47. The van der Waals surface area contributed by atoms with E-state index in [4.69, 9.17) is 17.3 Å². The maximum atomic E-state index is 5.86. The SMILES string of the molecule is Cc1c(N)ccc2nc(-c3ccc(Cl)cc3)nn12. The van der Waals surface area contributed by atoms with Gasteiger partial charge in [0.2, 0.25) is 0 Å². The van der Waals surface area contributed by atoms with E-state index in [0.717, 1.165) is 16.9 Å². The van der Waals surface area contributed by atoms with Crippen LogP contribution in [0.2, 0.25) is 5.02 Å². The van der Waals surface area contributed by atoms with E-state index >= 15 is 0 Å². The van der Waals surface area contributed by atoms with Crippen molar-refractivity contribution in [1.82, 2.24) is 14.6 Å². The summed E-state index contributed by atoms with van der Waals surface area (Å²) < 4.78 is 1.75. The zero-order valence-electron chi connectivity index (χ0n) is 9.76. The Kier molecular flexibility index (Phi) is 2.45. The first kappa shape index (κ1) is 11.0. The van der Waals surface area contributed by atoms with Gasteiger partial charge in [-0.1, -0.05) is 11.6 Å². The number of benzene rings is 1. The molecule has 4 nitrogen and oxygen atoms in total. The minimum absolute atomic E-state index is 0.667. The average molecular weight is 259 g/mol. The van der Waals surface area contributed by atoms with Crippen molar-refractivity contribution in [3.05, 3.63) is 47.1 Å². The Bertz CT molecular complexity index is 716. The lowest BCUT2D eigenvalue weighted by Crippen LogP contribution is -1.98. The van der Waals surface area contributed by atoms with Crippen molar-refractivity contribution in [3.63, 3.8) is 0 Å². The van der Waals surface area contributed by atoms with E-state index < -0.39 is 0 Å². The van der Waals surface area contributed by atoms with E-state index in [0.29, 0.717) is 16.5 Å². The van der Waals surface area contributed by atoms with Crippen LogP contribution >= 0.6 is 11.6 Å². The molecule has 18 heavy (non-hydrogen) atoms. The fraction of sp³-hybridized carbons (Fsp3) is 0.0769. The van der Waals surface area contributed by atoms with Gasteiger partial charge in [0.25, 0.3) is 0 Å². The quantitative estimate of drug-likeness (QED) is 0.730. The second-order valence-corrected chi connectivity index (χ2v) is 4.52. The Labute approximate surface area is 109 Å². The highest BCUT2D eigenvalue weighted by Gasteiger charge is 2.08. The lowest BCUT2D eigenvalue weighted by atomic mass is 10.2. The summed E-state index contributed by atoms with van der Waals surface area (Å²) >= 11 is 5.86. The van der Waals surface area contributed by atoms with E-state index in [1.54, 1.807) is 4.52 Å². The molecule has 0 aliphatic heterocycles. The van der Waals surface area contributed by atoms with E-state index in [1.165, 1.54) is 0 Å². The Morgan fingerprint density at radius 1 is 1.11 bits per heavy atom. The number of aryl methyl sites for hydroxylation is 1. The van der Waals surface area contributed by atoms with Gasteiger partial charge in [-0.15, -0.1) is 5.10 Å². The standard InChI is InChI=1S/C13H11ClN4/c1-8-11(15)6-7-12-16-13(17-18(8)12)9-2-4-10(14)5-3-9/h2-7H,15H2,1H3. The first-order valence-electron chi connectivity index (χ1n) is 5.53. The van der Waals surface area contributed by atoms with Crippen LogP contribution in [-0.2, 0) is 0 Å². The predicted molar refractivity (Wildman–Crippen MR) is 72.6 cm³/mol. The Hall–Kier alpha value is -2.07. The summed E-state index contributed by atoms with van der Waals surface area (Å²) in [5.41, 5.74) is 9.16. The molecule has 0 fully saturated rings. The van der Waals surface area contributed by atoms with Crippen LogP contribution in [0.1, 0.15) is 5.69 Å². The second kappa shape index (κ2) is 3.99. The van der Waals surface area contributed by atoms with Gasteiger partial charge < -0.3 is 5.73 Å². The van der Waals surface area contributed by atoms with Crippen molar-refractivity contribution in [3.8, 4) is 11.4 Å². The molecule has 0 atom stereocenters. The van der Waals surface area contributed by atoms with Crippen LogP contribution in [0.5, 0.6) is 0 Å². The first-order valence-corrected chi connectivity index (χ1v) is 5.91. The molecule has 5 heteroatoms. The lowest BCUT2D eigenvalue weighted by Gasteiger charge is -2.00. The zero-order chi connectivity index (χ0) is 12.7. The predicted octanol–water partition coefficient (Wildman–Crippen LogP) is 2.94. The molecule has 1 aromatic carbocycles. The summed E-state index contributed by atoms with van der Waals surface area (Å²) in [6, 6.07) is 11.1. The number of hydrogen-bond donors (Lipinski definition) is 1. The summed E-state index contributed by atoms with van der Waals surface area (Å²) in [7, 11) is 0.